The smallest absolute Gasteiger partial charge is 0.293 e. The maximum atomic E-state index is 12.5. The Bertz CT molecular complexity index is 732. The van der Waals surface area contributed by atoms with Gasteiger partial charge >= 0.3 is 0 Å². The lowest BCUT2D eigenvalue weighted by Gasteiger charge is -2.33. The fourth-order valence-corrected chi connectivity index (χ4v) is 2.62. The van der Waals surface area contributed by atoms with Gasteiger partial charge in [0.2, 0.25) is 11.7 Å². The molecule has 0 saturated carbocycles. The molecule has 0 radical (unpaired) electrons. The monoisotopic (exact) mass is 313 g/mol. The number of carbonyl (C=O) groups is 2. The fourth-order valence-electron chi connectivity index (χ4n) is 2.62. The Morgan fingerprint density at radius 1 is 1.09 bits per heavy atom. The molecule has 2 heterocycles. The molecule has 1 fully saturated rings. The van der Waals surface area contributed by atoms with Crippen molar-refractivity contribution in [1.82, 2.24) is 24.6 Å². The summed E-state index contributed by atoms with van der Waals surface area (Å²) >= 11 is 0. The average molecular weight is 313 g/mol. The van der Waals surface area contributed by atoms with Gasteiger partial charge in [-0.25, -0.2) is 9.67 Å². The Hall–Kier alpha value is -2.70. The molecular formula is C16H19N5O2. The zero-order valence-electron chi connectivity index (χ0n) is 13.3. The summed E-state index contributed by atoms with van der Waals surface area (Å²) in [6.45, 7) is 5.68. The summed E-state index contributed by atoms with van der Waals surface area (Å²) in [5, 5.41) is 4.28. The minimum Gasteiger partial charge on any atom is -0.339 e. The van der Waals surface area contributed by atoms with Crippen molar-refractivity contribution in [2.24, 2.45) is 0 Å². The number of amides is 2. The van der Waals surface area contributed by atoms with E-state index >= 15 is 0 Å². The summed E-state index contributed by atoms with van der Waals surface area (Å²) in [5.41, 5.74) is 1.99. The maximum Gasteiger partial charge on any atom is 0.293 e. The number of aromatic nitrogens is 3. The van der Waals surface area contributed by atoms with Gasteiger partial charge in [-0.2, -0.15) is 0 Å². The van der Waals surface area contributed by atoms with Crippen molar-refractivity contribution in [3.8, 4) is 5.69 Å². The van der Waals surface area contributed by atoms with Crippen LogP contribution < -0.4 is 0 Å². The second-order valence-electron chi connectivity index (χ2n) is 5.65. The summed E-state index contributed by atoms with van der Waals surface area (Å²) in [6, 6.07) is 7.84. The van der Waals surface area contributed by atoms with Crippen LogP contribution in [-0.4, -0.2) is 62.6 Å². The fraction of sp³-hybridized carbons (Fsp3) is 0.375. The molecule has 0 bridgehead atoms. The number of piperazine rings is 1. The summed E-state index contributed by atoms with van der Waals surface area (Å²) in [5.74, 6) is 0.0290. The lowest BCUT2D eigenvalue weighted by Crippen LogP contribution is -2.50. The van der Waals surface area contributed by atoms with E-state index in [0.717, 1.165) is 11.3 Å². The minimum absolute atomic E-state index is 0.0407. The molecule has 120 valence electrons. The highest BCUT2D eigenvalue weighted by Gasteiger charge is 2.25. The van der Waals surface area contributed by atoms with Gasteiger partial charge in [-0.1, -0.05) is 12.1 Å². The van der Waals surface area contributed by atoms with E-state index in [-0.39, 0.29) is 17.6 Å². The molecule has 0 atom stereocenters. The molecule has 0 aliphatic carbocycles. The molecule has 23 heavy (non-hydrogen) atoms. The summed E-state index contributed by atoms with van der Waals surface area (Å²) in [6.07, 6.45) is 1.55. The quantitative estimate of drug-likeness (QED) is 0.825. The van der Waals surface area contributed by atoms with Gasteiger partial charge in [0.25, 0.3) is 5.91 Å². The number of aryl methyl sites for hydroxylation is 1. The molecule has 1 aromatic heterocycles. The Kier molecular flexibility index (Phi) is 4.10. The molecule has 0 unspecified atom stereocenters. The van der Waals surface area contributed by atoms with E-state index in [9.17, 15) is 9.59 Å². The molecule has 1 aliphatic rings. The predicted octanol–water partition coefficient (Wildman–Crippen LogP) is 0.880. The van der Waals surface area contributed by atoms with Crippen LogP contribution in [0, 0.1) is 6.92 Å². The molecule has 0 spiro atoms. The van der Waals surface area contributed by atoms with Gasteiger partial charge < -0.3 is 9.80 Å². The van der Waals surface area contributed by atoms with Crippen LogP contribution in [-0.2, 0) is 4.79 Å². The first-order chi connectivity index (χ1) is 11.0. The van der Waals surface area contributed by atoms with Crippen molar-refractivity contribution >= 4 is 11.8 Å². The van der Waals surface area contributed by atoms with Crippen molar-refractivity contribution in [2.75, 3.05) is 26.2 Å². The minimum atomic E-state index is -0.195. The first kappa shape index (κ1) is 15.2. The van der Waals surface area contributed by atoms with Crippen LogP contribution in [0.25, 0.3) is 5.69 Å². The molecule has 1 saturated heterocycles. The highest BCUT2D eigenvalue weighted by Crippen LogP contribution is 2.10. The van der Waals surface area contributed by atoms with Crippen LogP contribution in [0.1, 0.15) is 23.1 Å². The standard InChI is InChI=1S/C16H19N5O2/c1-12-4-3-5-14(10-12)21-11-17-15(18-21)16(23)20-8-6-19(7-9-20)13(2)22/h3-5,10-11H,6-9H2,1-2H3. The second kappa shape index (κ2) is 6.20. The van der Waals surface area contributed by atoms with Crippen LogP contribution in [0.3, 0.4) is 0 Å². The summed E-state index contributed by atoms with van der Waals surface area (Å²) in [7, 11) is 0. The highest BCUT2D eigenvalue weighted by molar-refractivity contribution is 5.90. The van der Waals surface area contributed by atoms with Crippen molar-refractivity contribution in [3.05, 3.63) is 42.0 Å². The van der Waals surface area contributed by atoms with Crippen molar-refractivity contribution in [3.63, 3.8) is 0 Å². The van der Waals surface area contributed by atoms with Gasteiger partial charge in [-0.3, -0.25) is 9.59 Å². The van der Waals surface area contributed by atoms with E-state index < -0.39 is 0 Å². The van der Waals surface area contributed by atoms with Crippen molar-refractivity contribution in [1.29, 1.82) is 0 Å². The van der Waals surface area contributed by atoms with E-state index in [1.807, 2.05) is 31.2 Å². The number of nitrogens with zero attached hydrogens (tertiary/aromatic N) is 5. The van der Waals surface area contributed by atoms with Crippen molar-refractivity contribution in [2.45, 2.75) is 13.8 Å². The summed E-state index contributed by atoms with van der Waals surface area (Å²) < 4.78 is 1.60. The molecule has 3 rings (SSSR count). The third-order valence-electron chi connectivity index (χ3n) is 3.96. The SMILES string of the molecule is CC(=O)N1CCN(C(=O)c2ncn(-c3cccc(C)c3)n2)CC1. The number of hydrogen-bond donors (Lipinski definition) is 0. The Morgan fingerprint density at radius 2 is 1.78 bits per heavy atom. The number of hydrogen-bond acceptors (Lipinski definition) is 4. The van der Waals surface area contributed by atoms with Gasteiger partial charge in [0.05, 0.1) is 5.69 Å². The molecule has 2 amide bonds. The first-order valence-electron chi connectivity index (χ1n) is 7.58. The average Bonchev–Trinajstić information content (AvgIpc) is 3.04. The third-order valence-corrected chi connectivity index (χ3v) is 3.96. The lowest BCUT2D eigenvalue weighted by atomic mass is 10.2. The number of benzene rings is 1. The van der Waals surface area contributed by atoms with E-state index in [1.54, 1.807) is 27.7 Å². The normalized spacial score (nSPS) is 14.9. The Labute approximate surface area is 134 Å². The molecule has 2 aromatic rings. The molecule has 1 aliphatic heterocycles. The zero-order chi connectivity index (χ0) is 16.4. The third kappa shape index (κ3) is 3.23. The van der Waals surface area contributed by atoms with Crippen LogP contribution in [0.5, 0.6) is 0 Å². The van der Waals surface area contributed by atoms with E-state index in [1.165, 1.54) is 0 Å². The topological polar surface area (TPSA) is 71.3 Å². The van der Waals surface area contributed by atoms with E-state index in [0.29, 0.717) is 26.2 Å². The molecule has 7 nitrogen and oxygen atoms in total. The largest absolute Gasteiger partial charge is 0.339 e. The molecule has 1 aromatic carbocycles. The zero-order valence-corrected chi connectivity index (χ0v) is 13.3. The highest BCUT2D eigenvalue weighted by atomic mass is 16.2. The van der Waals surface area contributed by atoms with Crippen LogP contribution in [0.4, 0.5) is 0 Å². The van der Waals surface area contributed by atoms with Gasteiger partial charge in [-0.05, 0) is 24.6 Å². The first-order valence-corrected chi connectivity index (χ1v) is 7.58. The maximum absolute atomic E-state index is 12.5. The van der Waals surface area contributed by atoms with Crippen molar-refractivity contribution < 1.29 is 9.59 Å². The Balaban J connectivity index is 1.71. The van der Waals surface area contributed by atoms with Crippen LogP contribution in [0.2, 0.25) is 0 Å². The number of carbonyl (C=O) groups excluding carboxylic acids is 2. The van der Waals surface area contributed by atoms with Gasteiger partial charge in [0.15, 0.2) is 0 Å². The molecule has 0 N–H and O–H groups in total. The van der Waals surface area contributed by atoms with Crippen LogP contribution >= 0.6 is 0 Å². The number of rotatable bonds is 2. The van der Waals surface area contributed by atoms with Gasteiger partial charge in [0, 0.05) is 33.1 Å². The van der Waals surface area contributed by atoms with E-state index in [4.69, 9.17) is 0 Å². The summed E-state index contributed by atoms with van der Waals surface area (Å²) in [4.78, 5) is 31.4. The molecule has 7 heteroatoms. The van der Waals surface area contributed by atoms with Crippen LogP contribution in [0.15, 0.2) is 30.6 Å². The molecular weight excluding hydrogens is 294 g/mol. The van der Waals surface area contributed by atoms with Gasteiger partial charge in [0.1, 0.15) is 6.33 Å². The lowest BCUT2D eigenvalue weighted by molar-refractivity contribution is -0.130. The van der Waals surface area contributed by atoms with E-state index in [2.05, 4.69) is 10.1 Å². The Morgan fingerprint density at radius 3 is 2.43 bits per heavy atom. The van der Waals surface area contributed by atoms with Gasteiger partial charge in [-0.15, -0.1) is 5.10 Å². The predicted molar refractivity (Wildman–Crippen MR) is 84.3 cm³/mol. The second-order valence-corrected chi connectivity index (χ2v) is 5.65.